The number of benzene rings is 1. The van der Waals surface area contributed by atoms with Crippen molar-refractivity contribution in [3.05, 3.63) is 47.0 Å². The van der Waals surface area contributed by atoms with Crippen molar-refractivity contribution in [3.63, 3.8) is 0 Å². The number of aromatic nitrogens is 1. The second kappa shape index (κ2) is 6.67. The van der Waals surface area contributed by atoms with Crippen molar-refractivity contribution < 1.29 is 19.4 Å². The second-order valence-corrected chi connectivity index (χ2v) is 4.81. The number of hydrogen-bond donors (Lipinski definition) is 2. The predicted octanol–water partition coefficient (Wildman–Crippen LogP) is 2.50. The third-order valence-corrected chi connectivity index (χ3v) is 3.24. The highest BCUT2D eigenvalue weighted by Gasteiger charge is 2.10. The van der Waals surface area contributed by atoms with Gasteiger partial charge >= 0.3 is 5.97 Å². The lowest BCUT2D eigenvalue weighted by atomic mass is 10.1. The Bertz CT molecular complexity index is 680. The first-order chi connectivity index (χ1) is 10.1. The van der Waals surface area contributed by atoms with Gasteiger partial charge in [-0.1, -0.05) is 0 Å². The van der Waals surface area contributed by atoms with Gasteiger partial charge in [0.2, 0.25) is 0 Å². The first-order valence-electron chi connectivity index (χ1n) is 5.90. The number of nitrogens with one attached hydrogen (secondary N) is 1. The number of thiazole rings is 1. The standard InChI is InChI=1S/C14H12N2O4S/c1-20-11-4-2-10(8-9(11)3-5-12(17)18)13(19)16-14-15-6-7-21-14/h2-8H,1H3,(H,17,18)(H,15,16,19). The topological polar surface area (TPSA) is 88.5 Å². The number of carbonyl (C=O) groups excluding carboxylic acids is 1. The van der Waals surface area contributed by atoms with Gasteiger partial charge < -0.3 is 9.84 Å². The number of ether oxygens (including phenoxy) is 1. The minimum atomic E-state index is -1.07. The maximum atomic E-state index is 12.1. The zero-order chi connectivity index (χ0) is 15.2. The molecule has 7 heteroatoms. The lowest BCUT2D eigenvalue weighted by molar-refractivity contribution is -0.131. The summed E-state index contributed by atoms with van der Waals surface area (Å²) < 4.78 is 5.13. The van der Waals surface area contributed by atoms with E-state index >= 15 is 0 Å². The van der Waals surface area contributed by atoms with E-state index in [2.05, 4.69) is 10.3 Å². The Kier molecular flexibility index (Phi) is 4.68. The van der Waals surface area contributed by atoms with E-state index < -0.39 is 5.97 Å². The van der Waals surface area contributed by atoms with E-state index in [0.29, 0.717) is 22.0 Å². The van der Waals surface area contributed by atoms with Crippen LogP contribution < -0.4 is 10.1 Å². The van der Waals surface area contributed by atoms with Crippen molar-refractivity contribution in [2.45, 2.75) is 0 Å². The lowest BCUT2D eigenvalue weighted by Crippen LogP contribution is -2.11. The zero-order valence-corrected chi connectivity index (χ0v) is 11.9. The molecule has 1 aromatic heterocycles. The van der Waals surface area contributed by atoms with Crippen LogP contribution in [0.25, 0.3) is 6.08 Å². The van der Waals surface area contributed by atoms with Crippen LogP contribution in [0.4, 0.5) is 5.13 Å². The molecule has 0 saturated carbocycles. The molecule has 0 unspecified atom stereocenters. The first kappa shape index (κ1) is 14.7. The molecule has 1 heterocycles. The first-order valence-corrected chi connectivity index (χ1v) is 6.78. The molecule has 21 heavy (non-hydrogen) atoms. The molecule has 0 bridgehead atoms. The molecule has 0 atom stereocenters. The molecule has 6 nitrogen and oxygen atoms in total. The number of aliphatic carboxylic acids is 1. The lowest BCUT2D eigenvalue weighted by Gasteiger charge is -2.07. The third kappa shape index (κ3) is 3.90. The molecule has 2 rings (SSSR count). The van der Waals surface area contributed by atoms with Crippen LogP contribution in [0.1, 0.15) is 15.9 Å². The van der Waals surface area contributed by atoms with Gasteiger partial charge in [-0.3, -0.25) is 10.1 Å². The number of amides is 1. The Morgan fingerprint density at radius 2 is 2.24 bits per heavy atom. The number of rotatable bonds is 5. The summed E-state index contributed by atoms with van der Waals surface area (Å²) in [6.45, 7) is 0. The Labute approximate surface area is 124 Å². The van der Waals surface area contributed by atoms with E-state index in [0.717, 1.165) is 6.08 Å². The van der Waals surface area contributed by atoms with E-state index in [1.54, 1.807) is 29.8 Å². The molecule has 2 N–H and O–H groups in total. The molecule has 108 valence electrons. The van der Waals surface area contributed by atoms with Crippen LogP contribution in [0, 0.1) is 0 Å². The minimum absolute atomic E-state index is 0.322. The molecule has 0 saturated heterocycles. The van der Waals surface area contributed by atoms with Crippen LogP contribution in [0.3, 0.4) is 0 Å². The molecule has 1 amide bonds. The van der Waals surface area contributed by atoms with Crippen molar-refractivity contribution in [2.24, 2.45) is 0 Å². The van der Waals surface area contributed by atoms with Gasteiger partial charge in [-0.05, 0) is 24.3 Å². The van der Waals surface area contributed by atoms with Crippen LogP contribution >= 0.6 is 11.3 Å². The van der Waals surface area contributed by atoms with Gasteiger partial charge in [0.25, 0.3) is 5.91 Å². The number of methoxy groups -OCH3 is 1. The molecule has 0 aliphatic rings. The van der Waals surface area contributed by atoms with Gasteiger partial charge in [0, 0.05) is 28.8 Å². The summed E-state index contributed by atoms with van der Waals surface area (Å²) in [6.07, 6.45) is 3.96. The van der Waals surface area contributed by atoms with Crippen LogP contribution in [0.2, 0.25) is 0 Å². The number of hydrogen-bond acceptors (Lipinski definition) is 5. The summed E-state index contributed by atoms with van der Waals surface area (Å²) in [4.78, 5) is 26.6. The molecule has 0 spiro atoms. The second-order valence-electron chi connectivity index (χ2n) is 3.92. The number of anilines is 1. The van der Waals surface area contributed by atoms with Gasteiger partial charge in [0.1, 0.15) is 5.75 Å². The van der Waals surface area contributed by atoms with Crippen molar-refractivity contribution in [1.29, 1.82) is 0 Å². The molecule has 2 aromatic rings. The number of carbonyl (C=O) groups is 2. The normalized spacial score (nSPS) is 10.5. The molecular formula is C14H12N2O4S. The van der Waals surface area contributed by atoms with E-state index in [1.165, 1.54) is 24.5 Å². The third-order valence-electron chi connectivity index (χ3n) is 2.55. The maximum Gasteiger partial charge on any atom is 0.328 e. The zero-order valence-electron chi connectivity index (χ0n) is 11.1. The quantitative estimate of drug-likeness (QED) is 0.829. The highest BCUT2D eigenvalue weighted by molar-refractivity contribution is 7.13. The van der Waals surface area contributed by atoms with E-state index in [4.69, 9.17) is 9.84 Å². The molecule has 1 aromatic carbocycles. The fourth-order valence-electron chi connectivity index (χ4n) is 1.62. The van der Waals surface area contributed by atoms with Crippen molar-refractivity contribution >= 4 is 34.4 Å². The van der Waals surface area contributed by atoms with Crippen LogP contribution in [0.5, 0.6) is 5.75 Å². The molecule has 0 radical (unpaired) electrons. The summed E-state index contributed by atoms with van der Waals surface area (Å²) in [6, 6.07) is 4.76. The van der Waals surface area contributed by atoms with E-state index in [9.17, 15) is 9.59 Å². The SMILES string of the molecule is COc1ccc(C(=O)Nc2nccs2)cc1C=CC(=O)O. The summed E-state index contributed by atoms with van der Waals surface area (Å²) in [5.74, 6) is -0.912. The van der Waals surface area contributed by atoms with E-state index in [1.807, 2.05) is 0 Å². The van der Waals surface area contributed by atoms with Gasteiger partial charge in [-0.15, -0.1) is 11.3 Å². The van der Waals surface area contributed by atoms with Gasteiger partial charge in [-0.25, -0.2) is 9.78 Å². The monoisotopic (exact) mass is 304 g/mol. The average Bonchev–Trinajstić information content (AvgIpc) is 2.97. The highest BCUT2D eigenvalue weighted by Crippen LogP contribution is 2.22. The van der Waals surface area contributed by atoms with Gasteiger partial charge in [0.05, 0.1) is 7.11 Å². The smallest absolute Gasteiger partial charge is 0.328 e. The van der Waals surface area contributed by atoms with Crippen molar-refractivity contribution in [2.75, 3.05) is 12.4 Å². The Balaban J connectivity index is 2.26. The summed E-state index contributed by atoms with van der Waals surface area (Å²) in [7, 11) is 1.47. The van der Waals surface area contributed by atoms with Crippen LogP contribution in [-0.2, 0) is 4.79 Å². The fraction of sp³-hybridized carbons (Fsp3) is 0.0714. The summed E-state index contributed by atoms with van der Waals surface area (Å²) >= 11 is 1.31. The fourth-order valence-corrected chi connectivity index (χ4v) is 2.15. The Morgan fingerprint density at radius 1 is 1.43 bits per heavy atom. The molecule has 0 aliphatic carbocycles. The van der Waals surface area contributed by atoms with Gasteiger partial charge in [-0.2, -0.15) is 0 Å². The maximum absolute atomic E-state index is 12.1. The number of carboxylic acid groups (broad SMARTS) is 1. The molecule has 0 fully saturated rings. The van der Waals surface area contributed by atoms with Crippen LogP contribution in [-0.4, -0.2) is 29.1 Å². The minimum Gasteiger partial charge on any atom is -0.496 e. The number of nitrogens with zero attached hydrogens (tertiary/aromatic N) is 1. The predicted molar refractivity (Wildman–Crippen MR) is 79.7 cm³/mol. The van der Waals surface area contributed by atoms with Gasteiger partial charge in [0.15, 0.2) is 5.13 Å². The summed E-state index contributed by atoms with van der Waals surface area (Å²) in [5.41, 5.74) is 0.891. The van der Waals surface area contributed by atoms with Crippen molar-refractivity contribution in [3.8, 4) is 5.75 Å². The van der Waals surface area contributed by atoms with Crippen LogP contribution in [0.15, 0.2) is 35.9 Å². The molecule has 0 aliphatic heterocycles. The molecular weight excluding hydrogens is 292 g/mol. The Morgan fingerprint density at radius 3 is 2.86 bits per heavy atom. The largest absolute Gasteiger partial charge is 0.496 e. The number of carboxylic acids is 1. The summed E-state index contributed by atoms with van der Waals surface area (Å²) in [5, 5.41) is 13.6. The van der Waals surface area contributed by atoms with Crippen molar-refractivity contribution in [1.82, 2.24) is 4.98 Å². The Hall–Kier alpha value is -2.67. The highest BCUT2D eigenvalue weighted by atomic mass is 32.1. The average molecular weight is 304 g/mol. The van der Waals surface area contributed by atoms with E-state index in [-0.39, 0.29) is 5.91 Å².